The number of para-hydroxylation sites is 2. The van der Waals surface area contributed by atoms with Gasteiger partial charge >= 0.3 is 0 Å². The Bertz CT molecular complexity index is 1650. The van der Waals surface area contributed by atoms with Crippen molar-refractivity contribution in [3.8, 4) is 16.9 Å². The molecule has 3 aromatic heterocycles. The van der Waals surface area contributed by atoms with E-state index in [0.717, 1.165) is 22.3 Å². The van der Waals surface area contributed by atoms with Gasteiger partial charge in [0.1, 0.15) is 12.6 Å². The molecule has 6 rings (SSSR count). The molecule has 3 aromatic carbocycles. The standard InChI is InChI=1S/C30H26N3/c1-19-15-20(2)21(3)26(16-19)30-29-22(13-14-32(30)4)17-23(18-31-29)33-27-11-7-5-9-24(27)25-10-6-8-12-28(25)33/h5-18H,1-4H3/q+1. The predicted molar refractivity (Wildman–Crippen MR) is 137 cm³/mol. The van der Waals surface area contributed by atoms with E-state index in [-0.39, 0.29) is 0 Å². The molecular formula is C30H26N3+. The average molecular weight is 429 g/mol. The lowest BCUT2D eigenvalue weighted by atomic mass is 9.96. The third-order valence-corrected chi connectivity index (χ3v) is 6.86. The van der Waals surface area contributed by atoms with Gasteiger partial charge in [-0.15, -0.1) is 0 Å². The zero-order valence-corrected chi connectivity index (χ0v) is 19.4. The number of aryl methyl sites for hydroxylation is 3. The molecule has 0 saturated heterocycles. The highest BCUT2D eigenvalue weighted by Gasteiger charge is 2.20. The van der Waals surface area contributed by atoms with Gasteiger partial charge in [-0.2, -0.15) is 4.57 Å². The topological polar surface area (TPSA) is 21.7 Å². The summed E-state index contributed by atoms with van der Waals surface area (Å²) in [5, 5.41) is 3.67. The van der Waals surface area contributed by atoms with Gasteiger partial charge in [-0.3, -0.25) is 0 Å². The Balaban J connectivity index is 1.64. The van der Waals surface area contributed by atoms with Crippen molar-refractivity contribution in [1.82, 2.24) is 9.55 Å². The van der Waals surface area contributed by atoms with Crippen molar-refractivity contribution in [1.29, 1.82) is 0 Å². The van der Waals surface area contributed by atoms with Gasteiger partial charge in [-0.25, -0.2) is 4.98 Å². The lowest BCUT2D eigenvalue weighted by Gasteiger charge is -2.12. The maximum atomic E-state index is 5.05. The van der Waals surface area contributed by atoms with Crippen LogP contribution in [0.4, 0.5) is 0 Å². The largest absolute Gasteiger partial charge is 0.308 e. The molecule has 3 heterocycles. The van der Waals surface area contributed by atoms with Gasteiger partial charge in [-0.05, 0) is 56.2 Å². The Morgan fingerprint density at radius 1 is 0.788 bits per heavy atom. The van der Waals surface area contributed by atoms with Gasteiger partial charge in [-0.1, -0.05) is 48.0 Å². The van der Waals surface area contributed by atoms with Gasteiger partial charge in [0.25, 0.3) is 0 Å². The number of fused-ring (bicyclic) bond motifs is 4. The zero-order valence-electron chi connectivity index (χ0n) is 19.4. The van der Waals surface area contributed by atoms with Crippen LogP contribution in [0.3, 0.4) is 0 Å². The van der Waals surface area contributed by atoms with Gasteiger partial charge in [0.2, 0.25) is 5.69 Å². The molecule has 0 aliphatic carbocycles. The molecule has 6 aromatic rings. The van der Waals surface area contributed by atoms with E-state index >= 15 is 0 Å². The summed E-state index contributed by atoms with van der Waals surface area (Å²) in [7, 11) is 2.11. The number of aromatic nitrogens is 3. The molecule has 160 valence electrons. The fourth-order valence-electron chi connectivity index (χ4n) is 5.16. The summed E-state index contributed by atoms with van der Waals surface area (Å²) >= 11 is 0. The first-order chi connectivity index (χ1) is 16.0. The fourth-order valence-corrected chi connectivity index (χ4v) is 5.16. The summed E-state index contributed by atoms with van der Waals surface area (Å²) in [6.45, 7) is 6.55. The summed E-state index contributed by atoms with van der Waals surface area (Å²) in [6.07, 6.45) is 4.16. The average Bonchev–Trinajstić information content (AvgIpc) is 3.16. The third kappa shape index (κ3) is 2.96. The lowest BCUT2D eigenvalue weighted by molar-refractivity contribution is -0.659. The number of hydrogen-bond acceptors (Lipinski definition) is 1. The molecule has 0 spiro atoms. The van der Waals surface area contributed by atoms with Crippen LogP contribution < -0.4 is 4.57 Å². The summed E-state index contributed by atoms with van der Waals surface area (Å²) in [5.74, 6) is 0. The Labute approximate surface area is 193 Å². The molecule has 0 aliphatic rings. The van der Waals surface area contributed by atoms with E-state index < -0.39 is 0 Å². The van der Waals surface area contributed by atoms with Gasteiger partial charge in [0, 0.05) is 22.2 Å². The Morgan fingerprint density at radius 2 is 1.45 bits per heavy atom. The zero-order chi connectivity index (χ0) is 22.7. The quantitative estimate of drug-likeness (QED) is 0.280. The molecule has 3 nitrogen and oxygen atoms in total. The molecule has 0 saturated carbocycles. The van der Waals surface area contributed by atoms with Crippen LogP contribution >= 0.6 is 0 Å². The van der Waals surface area contributed by atoms with Crippen LogP contribution in [0, 0.1) is 20.8 Å². The summed E-state index contributed by atoms with van der Waals surface area (Å²) in [4.78, 5) is 5.05. The Kier molecular flexibility index (Phi) is 4.34. The van der Waals surface area contributed by atoms with Crippen molar-refractivity contribution in [3.05, 3.63) is 102 Å². The first kappa shape index (κ1) is 19.7. The van der Waals surface area contributed by atoms with Crippen LogP contribution in [0.1, 0.15) is 16.7 Å². The van der Waals surface area contributed by atoms with Gasteiger partial charge in [0.05, 0.1) is 28.5 Å². The van der Waals surface area contributed by atoms with E-state index in [1.54, 1.807) is 0 Å². The molecule has 0 bridgehead atoms. The number of hydrogen-bond donors (Lipinski definition) is 0. The van der Waals surface area contributed by atoms with E-state index in [0.29, 0.717) is 0 Å². The van der Waals surface area contributed by atoms with Gasteiger partial charge < -0.3 is 4.57 Å². The molecule has 33 heavy (non-hydrogen) atoms. The molecule has 0 amide bonds. The second kappa shape index (κ2) is 7.28. The SMILES string of the molecule is Cc1cc(C)c(C)c(-c2c3ncc(-n4c5ccccc5c5ccccc54)cc3cc[n+]2C)c1. The molecular weight excluding hydrogens is 402 g/mol. The molecule has 0 unspecified atom stereocenters. The number of rotatable bonds is 2. The van der Waals surface area contributed by atoms with Gasteiger partial charge in [0.15, 0.2) is 6.20 Å². The maximum absolute atomic E-state index is 5.05. The second-order valence-electron chi connectivity index (χ2n) is 9.03. The smallest absolute Gasteiger partial charge is 0.239 e. The number of benzene rings is 3. The molecule has 0 aliphatic heterocycles. The Morgan fingerprint density at radius 3 is 2.15 bits per heavy atom. The van der Waals surface area contributed by atoms with E-state index in [4.69, 9.17) is 4.98 Å². The third-order valence-electron chi connectivity index (χ3n) is 6.86. The number of nitrogens with zero attached hydrogens (tertiary/aromatic N) is 3. The first-order valence-electron chi connectivity index (χ1n) is 11.4. The normalized spacial score (nSPS) is 11.6. The van der Waals surface area contributed by atoms with Crippen molar-refractivity contribution >= 4 is 32.7 Å². The minimum Gasteiger partial charge on any atom is -0.308 e. The first-order valence-corrected chi connectivity index (χ1v) is 11.4. The van der Waals surface area contributed by atoms with Crippen LogP contribution in [0.25, 0.3) is 49.7 Å². The van der Waals surface area contributed by atoms with Crippen molar-refractivity contribution in [2.24, 2.45) is 7.05 Å². The van der Waals surface area contributed by atoms with Crippen LogP contribution in [-0.2, 0) is 7.05 Å². The van der Waals surface area contributed by atoms with E-state index in [2.05, 4.69) is 116 Å². The van der Waals surface area contributed by atoms with E-state index in [9.17, 15) is 0 Å². The fraction of sp³-hybridized carbons (Fsp3) is 0.133. The molecule has 0 atom stereocenters. The highest BCUT2D eigenvalue weighted by molar-refractivity contribution is 6.09. The van der Waals surface area contributed by atoms with Crippen molar-refractivity contribution in [3.63, 3.8) is 0 Å². The summed E-state index contributed by atoms with van der Waals surface area (Å²) in [6, 6.07) is 26.2. The molecule has 0 N–H and O–H groups in total. The molecule has 0 fully saturated rings. The van der Waals surface area contributed by atoms with Crippen LogP contribution in [0.5, 0.6) is 0 Å². The minimum atomic E-state index is 1.03. The highest BCUT2D eigenvalue weighted by atomic mass is 15.0. The maximum Gasteiger partial charge on any atom is 0.239 e. The van der Waals surface area contributed by atoms with E-state index in [1.807, 2.05) is 6.20 Å². The van der Waals surface area contributed by atoms with E-state index in [1.165, 1.54) is 44.1 Å². The second-order valence-corrected chi connectivity index (χ2v) is 9.03. The Hall–Kier alpha value is -3.98. The van der Waals surface area contributed by atoms with Crippen molar-refractivity contribution < 1.29 is 4.57 Å². The minimum absolute atomic E-state index is 1.03. The summed E-state index contributed by atoms with van der Waals surface area (Å²) < 4.78 is 4.52. The van der Waals surface area contributed by atoms with Crippen LogP contribution in [-0.4, -0.2) is 9.55 Å². The molecule has 0 radical (unpaired) electrons. The van der Waals surface area contributed by atoms with Crippen molar-refractivity contribution in [2.75, 3.05) is 0 Å². The highest BCUT2D eigenvalue weighted by Crippen LogP contribution is 2.34. The van der Waals surface area contributed by atoms with Crippen LogP contribution in [0.15, 0.2) is 85.2 Å². The monoisotopic (exact) mass is 428 g/mol. The van der Waals surface area contributed by atoms with Crippen molar-refractivity contribution in [2.45, 2.75) is 20.8 Å². The predicted octanol–water partition coefficient (Wildman–Crippen LogP) is 6.75. The number of pyridine rings is 2. The summed E-state index contributed by atoms with van der Waals surface area (Å²) in [5.41, 5.74) is 10.8. The molecule has 3 heteroatoms. The lowest BCUT2D eigenvalue weighted by Crippen LogP contribution is -2.31. The van der Waals surface area contributed by atoms with Crippen LogP contribution in [0.2, 0.25) is 0 Å².